The van der Waals surface area contributed by atoms with E-state index < -0.39 is 16.8 Å². The number of carboxylic acid groups (broad SMARTS) is 1. The number of carbonyl (C=O) groups excluding carboxylic acids is 1. The van der Waals surface area contributed by atoms with Crippen LogP contribution < -0.4 is 0 Å². The number of hydrogen-bond acceptors (Lipinski definition) is 3. The minimum Gasteiger partial charge on any atom is -0.481 e. The van der Waals surface area contributed by atoms with E-state index in [-0.39, 0.29) is 12.4 Å². The van der Waals surface area contributed by atoms with Crippen molar-refractivity contribution < 1.29 is 19.4 Å². The van der Waals surface area contributed by atoms with Gasteiger partial charge in [-0.15, -0.1) is 0 Å². The van der Waals surface area contributed by atoms with Crippen molar-refractivity contribution in [3.63, 3.8) is 0 Å². The lowest BCUT2D eigenvalue weighted by Crippen LogP contribution is -2.37. The summed E-state index contributed by atoms with van der Waals surface area (Å²) in [6, 6.07) is 0. The Morgan fingerprint density at radius 2 is 1.73 bits per heavy atom. The van der Waals surface area contributed by atoms with Gasteiger partial charge in [-0.1, -0.05) is 6.92 Å². The Morgan fingerprint density at radius 1 is 1.27 bits per heavy atom. The average Bonchev–Trinajstić information content (AvgIpc) is 2.15. The van der Waals surface area contributed by atoms with Gasteiger partial charge in [-0.05, 0) is 33.6 Å². The molecule has 0 aliphatic carbocycles. The zero-order valence-electron chi connectivity index (χ0n) is 10.1. The maximum Gasteiger partial charge on any atom is 0.311 e. The van der Waals surface area contributed by atoms with Crippen molar-refractivity contribution in [2.45, 2.75) is 40.5 Å². The minimum absolute atomic E-state index is 0.276. The van der Waals surface area contributed by atoms with E-state index in [0.29, 0.717) is 6.42 Å². The van der Waals surface area contributed by atoms with Gasteiger partial charge in [0.25, 0.3) is 0 Å². The standard InChI is InChI=1S/C11H20O4/c1-6-11(4,8(12)13)7-10(2,3)9(14)15-5/h6-7H2,1-5H3,(H,12,13). The molecule has 0 spiro atoms. The van der Waals surface area contributed by atoms with Crippen LogP contribution in [0.15, 0.2) is 0 Å². The number of ether oxygens (including phenoxy) is 1. The molecule has 0 aromatic carbocycles. The van der Waals surface area contributed by atoms with E-state index in [4.69, 9.17) is 5.11 Å². The van der Waals surface area contributed by atoms with Gasteiger partial charge in [0.05, 0.1) is 17.9 Å². The largest absolute Gasteiger partial charge is 0.481 e. The molecule has 0 fully saturated rings. The van der Waals surface area contributed by atoms with Crippen LogP contribution in [0, 0.1) is 10.8 Å². The van der Waals surface area contributed by atoms with Crippen LogP contribution in [0.25, 0.3) is 0 Å². The fraction of sp³-hybridized carbons (Fsp3) is 0.818. The molecular weight excluding hydrogens is 196 g/mol. The Morgan fingerprint density at radius 3 is 2.00 bits per heavy atom. The van der Waals surface area contributed by atoms with Gasteiger partial charge in [0.2, 0.25) is 0 Å². The van der Waals surface area contributed by atoms with Crippen molar-refractivity contribution in [1.29, 1.82) is 0 Å². The number of hydrogen-bond donors (Lipinski definition) is 1. The van der Waals surface area contributed by atoms with E-state index in [9.17, 15) is 9.59 Å². The third-order valence-corrected chi connectivity index (χ3v) is 2.87. The van der Waals surface area contributed by atoms with E-state index in [1.54, 1.807) is 20.8 Å². The first kappa shape index (κ1) is 13.9. The predicted octanol–water partition coefficient (Wildman–Crippen LogP) is 2.08. The SMILES string of the molecule is CCC(C)(CC(C)(C)C(=O)OC)C(=O)O. The van der Waals surface area contributed by atoms with Crippen molar-refractivity contribution in [3.8, 4) is 0 Å². The highest BCUT2D eigenvalue weighted by Gasteiger charge is 2.41. The summed E-state index contributed by atoms with van der Waals surface area (Å²) in [6.45, 7) is 6.87. The van der Waals surface area contributed by atoms with Gasteiger partial charge in [0, 0.05) is 0 Å². The average molecular weight is 216 g/mol. The number of esters is 1. The van der Waals surface area contributed by atoms with E-state index in [1.807, 2.05) is 6.92 Å². The molecule has 0 rings (SSSR count). The molecule has 0 radical (unpaired) electrons. The molecule has 1 atom stereocenters. The van der Waals surface area contributed by atoms with Crippen molar-refractivity contribution in [3.05, 3.63) is 0 Å². The topological polar surface area (TPSA) is 63.6 Å². The molecule has 0 aromatic heterocycles. The van der Waals surface area contributed by atoms with Crippen LogP contribution in [0.3, 0.4) is 0 Å². The highest BCUT2D eigenvalue weighted by molar-refractivity contribution is 5.79. The molecule has 0 aliphatic heterocycles. The van der Waals surface area contributed by atoms with Crippen LogP contribution in [-0.2, 0) is 14.3 Å². The Hall–Kier alpha value is -1.06. The van der Waals surface area contributed by atoms with Gasteiger partial charge in [0.15, 0.2) is 0 Å². The Balaban J connectivity index is 4.83. The summed E-state index contributed by atoms with van der Waals surface area (Å²) in [5.74, 6) is -1.24. The fourth-order valence-electron chi connectivity index (χ4n) is 1.68. The first-order valence-corrected chi connectivity index (χ1v) is 5.01. The van der Waals surface area contributed by atoms with Gasteiger partial charge in [0.1, 0.15) is 0 Å². The summed E-state index contributed by atoms with van der Waals surface area (Å²) in [6.07, 6.45) is 0.765. The quantitative estimate of drug-likeness (QED) is 0.714. The molecule has 0 amide bonds. The van der Waals surface area contributed by atoms with E-state index in [1.165, 1.54) is 7.11 Å². The number of aliphatic carboxylic acids is 1. The summed E-state index contributed by atoms with van der Waals surface area (Å²) in [7, 11) is 1.31. The molecule has 1 unspecified atom stereocenters. The highest BCUT2D eigenvalue weighted by Crippen LogP contribution is 2.37. The Bertz CT molecular complexity index is 257. The van der Waals surface area contributed by atoms with Crippen LogP contribution >= 0.6 is 0 Å². The van der Waals surface area contributed by atoms with Crippen LogP contribution in [0.4, 0.5) is 0 Å². The molecule has 0 saturated carbocycles. The first-order valence-electron chi connectivity index (χ1n) is 5.01. The van der Waals surface area contributed by atoms with Gasteiger partial charge >= 0.3 is 11.9 Å². The molecule has 4 heteroatoms. The molecular formula is C11H20O4. The number of carboxylic acids is 1. The number of rotatable bonds is 5. The van der Waals surface area contributed by atoms with E-state index in [0.717, 1.165) is 0 Å². The summed E-state index contributed by atoms with van der Waals surface area (Å²) >= 11 is 0. The smallest absolute Gasteiger partial charge is 0.311 e. The Labute approximate surface area is 90.6 Å². The van der Waals surface area contributed by atoms with E-state index in [2.05, 4.69) is 4.74 Å². The second-order valence-electron chi connectivity index (χ2n) is 4.77. The molecule has 4 nitrogen and oxygen atoms in total. The lowest BCUT2D eigenvalue weighted by molar-refractivity contribution is -0.157. The predicted molar refractivity (Wildman–Crippen MR) is 56.4 cm³/mol. The highest BCUT2D eigenvalue weighted by atomic mass is 16.5. The van der Waals surface area contributed by atoms with Gasteiger partial charge in [-0.2, -0.15) is 0 Å². The Kier molecular flexibility index (Phi) is 4.31. The normalized spacial score (nSPS) is 15.5. The van der Waals surface area contributed by atoms with Crippen molar-refractivity contribution in [2.24, 2.45) is 10.8 Å². The first-order chi connectivity index (χ1) is 6.69. The summed E-state index contributed by atoms with van der Waals surface area (Å²) in [5, 5.41) is 9.10. The fourth-order valence-corrected chi connectivity index (χ4v) is 1.68. The van der Waals surface area contributed by atoms with Gasteiger partial charge in [-0.3, -0.25) is 9.59 Å². The lowest BCUT2D eigenvalue weighted by Gasteiger charge is -2.31. The molecule has 0 heterocycles. The monoisotopic (exact) mass is 216 g/mol. The van der Waals surface area contributed by atoms with Crippen LogP contribution in [0.5, 0.6) is 0 Å². The van der Waals surface area contributed by atoms with Gasteiger partial charge < -0.3 is 9.84 Å². The molecule has 15 heavy (non-hydrogen) atoms. The van der Waals surface area contributed by atoms with Crippen LogP contribution in [0.2, 0.25) is 0 Å². The third kappa shape index (κ3) is 3.22. The van der Waals surface area contributed by atoms with Crippen LogP contribution in [-0.4, -0.2) is 24.2 Å². The van der Waals surface area contributed by atoms with E-state index >= 15 is 0 Å². The molecule has 0 aliphatic rings. The van der Waals surface area contributed by atoms with Crippen molar-refractivity contribution in [1.82, 2.24) is 0 Å². The number of carbonyl (C=O) groups is 2. The molecule has 0 bridgehead atoms. The lowest BCUT2D eigenvalue weighted by atomic mass is 9.72. The summed E-state index contributed by atoms with van der Waals surface area (Å²) in [5.41, 5.74) is -1.64. The maximum absolute atomic E-state index is 11.4. The zero-order chi connectivity index (χ0) is 12.3. The molecule has 88 valence electrons. The summed E-state index contributed by atoms with van der Waals surface area (Å²) < 4.78 is 4.65. The molecule has 1 N–H and O–H groups in total. The van der Waals surface area contributed by atoms with Crippen LogP contribution in [0.1, 0.15) is 40.5 Å². The summed E-state index contributed by atoms with van der Waals surface area (Å²) in [4.78, 5) is 22.5. The maximum atomic E-state index is 11.4. The molecule has 0 aromatic rings. The molecule has 0 saturated heterocycles. The van der Waals surface area contributed by atoms with Gasteiger partial charge in [-0.25, -0.2) is 0 Å². The van der Waals surface area contributed by atoms with Crippen molar-refractivity contribution in [2.75, 3.05) is 7.11 Å². The zero-order valence-corrected chi connectivity index (χ0v) is 10.1. The second-order valence-corrected chi connectivity index (χ2v) is 4.77. The minimum atomic E-state index is -0.877. The third-order valence-electron chi connectivity index (χ3n) is 2.87. The number of methoxy groups -OCH3 is 1. The van der Waals surface area contributed by atoms with Crippen molar-refractivity contribution >= 4 is 11.9 Å². The second kappa shape index (κ2) is 4.64.